The molecule has 0 spiro atoms. The average molecular weight is 366 g/mol. The van der Waals surface area contributed by atoms with Crippen LogP contribution in [0.25, 0.3) is 0 Å². The molecule has 2 saturated carbocycles. The second-order valence-electron chi connectivity index (χ2n) is 7.16. The van der Waals surface area contributed by atoms with Crippen LogP contribution in [0.2, 0.25) is 0 Å². The molecule has 0 saturated heterocycles. The Bertz CT molecular complexity index is 465. The summed E-state index contributed by atoms with van der Waals surface area (Å²) < 4.78 is 9.94. The molecule has 4 atom stereocenters. The van der Waals surface area contributed by atoms with Gasteiger partial charge in [-0.15, -0.1) is 0 Å². The molecule has 5 nitrogen and oxygen atoms in total. The molecule has 0 amide bonds. The molecule has 0 radical (unpaired) electrons. The molecule has 0 heterocycles. The van der Waals surface area contributed by atoms with E-state index in [9.17, 15) is 14.4 Å². The van der Waals surface area contributed by atoms with E-state index in [-0.39, 0.29) is 35.5 Å². The Morgan fingerprint density at radius 3 is 1.77 bits per heavy atom. The Balaban J connectivity index is 0.000000260. The van der Waals surface area contributed by atoms with E-state index in [0.29, 0.717) is 32.0 Å². The highest BCUT2D eigenvalue weighted by molar-refractivity contribution is 5.88. The third-order valence-electron chi connectivity index (χ3n) is 5.36. The molecule has 26 heavy (non-hydrogen) atoms. The predicted molar refractivity (Wildman–Crippen MR) is 100 cm³/mol. The first-order chi connectivity index (χ1) is 12.4. The summed E-state index contributed by atoms with van der Waals surface area (Å²) in [5.74, 6) is 0.561. The third-order valence-corrected chi connectivity index (χ3v) is 5.36. The van der Waals surface area contributed by atoms with Crippen LogP contribution in [-0.2, 0) is 23.9 Å². The van der Waals surface area contributed by atoms with Crippen molar-refractivity contribution < 1.29 is 23.9 Å². The minimum atomic E-state index is -0.194. The number of esters is 2. The number of ketones is 1. The van der Waals surface area contributed by atoms with Crippen LogP contribution < -0.4 is 0 Å². The number of carbonyl (C=O) groups is 3. The highest BCUT2D eigenvalue weighted by Gasteiger charge is 2.37. The van der Waals surface area contributed by atoms with Crippen molar-refractivity contribution in [3.05, 3.63) is 12.2 Å². The maximum Gasteiger partial charge on any atom is 0.309 e. The molecule has 2 aliphatic rings. The zero-order chi connectivity index (χ0) is 19.7. The fraction of sp³-hybridized carbons (Fsp3) is 0.762. The van der Waals surface area contributed by atoms with Gasteiger partial charge in [-0.1, -0.05) is 38.8 Å². The fourth-order valence-corrected chi connectivity index (χ4v) is 3.91. The maximum atomic E-state index is 11.5. The van der Waals surface area contributed by atoms with Crippen LogP contribution in [0.1, 0.15) is 66.2 Å². The zero-order valence-corrected chi connectivity index (χ0v) is 16.7. The normalized spacial score (nSPS) is 27.7. The van der Waals surface area contributed by atoms with Gasteiger partial charge in [0.1, 0.15) is 5.78 Å². The van der Waals surface area contributed by atoms with Crippen LogP contribution in [0.4, 0.5) is 0 Å². The molecule has 0 bridgehead atoms. The minimum absolute atomic E-state index is 0.0343. The van der Waals surface area contributed by atoms with Crippen molar-refractivity contribution in [2.75, 3.05) is 13.2 Å². The van der Waals surface area contributed by atoms with Crippen molar-refractivity contribution >= 4 is 17.7 Å². The summed E-state index contributed by atoms with van der Waals surface area (Å²) in [5.41, 5.74) is 1.20. The Hall–Kier alpha value is -1.65. The van der Waals surface area contributed by atoms with E-state index in [2.05, 4.69) is 13.5 Å². The lowest BCUT2D eigenvalue weighted by molar-refractivity contribution is -0.150. The summed E-state index contributed by atoms with van der Waals surface area (Å²) in [7, 11) is 0. The number of ether oxygens (including phenoxy) is 2. The monoisotopic (exact) mass is 366 g/mol. The molecule has 2 rings (SSSR count). The predicted octanol–water partition coefficient (Wildman–Crippen LogP) is 4.10. The SMILES string of the molecule is C=C1CC(CC)C(C(=O)OCC)C1.CCOC(=O)C1CC(=O)CC1CC. The van der Waals surface area contributed by atoms with E-state index in [1.54, 1.807) is 6.92 Å². The van der Waals surface area contributed by atoms with Crippen LogP contribution in [0.15, 0.2) is 12.2 Å². The summed E-state index contributed by atoms with van der Waals surface area (Å²) in [5, 5.41) is 0. The largest absolute Gasteiger partial charge is 0.466 e. The molecule has 0 aromatic heterocycles. The Morgan fingerprint density at radius 2 is 1.31 bits per heavy atom. The fourth-order valence-electron chi connectivity index (χ4n) is 3.91. The van der Waals surface area contributed by atoms with Crippen molar-refractivity contribution in [3.63, 3.8) is 0 Å². The van der Waals surface area contributed by atoms with Crippen LogP contribution in [-0.4, -0.2) is 30.9 Å². The van der Waals surface area contributed by atoms with E-state index in [1.165, 1.54) is 5.57 Å². The lowest BCUT2D eigenvalue weighted by atomic mass is 9.94. The molecule has 5 heteroatoms. The molecule has 2 fully saturated rings. The molecule has 0 aliphatic heterocycles. The van der Waals surface area contributed by atoms with Gasteiger partial charge in [0, 0.05) is 12.8 Å². The van der Waals surface area contributed by atoms with E-state index in [1.807, 2.05) is 13.8 Å². The van der Waals surface area contributed by atoms with Crippen molar-refractivity contribution in [1.29, 1.82) is 0 Å². The van der Waals surface area contributed by atoms with Gasteiger partial charge in [0.15, 0.2) is 0 Å². The van der Waals surface area contributed by atoms with E-state index < -0.39 is 0 Å². The standard InChI is InChI=1S/C11H18O2.C10H16O3/c1-4-9-6-8(3)7-10(9)11(12)13-5-2;1-3-7-5-8(11)6-9(7)10(12)13-4-2/h9-10H,3-7H2,1-2H3;7,9H,3-6H2,1-2H3. The minimum Gasteiger partial charge on any atom is -0.466 e. The first-order valence-corrected chi connectivity index (χ1v) is 9.89. The van der Waals surface area contributed by atoms with E-state index >= 15 is 0 Å². The van der Waals surface area contributed by atoms with Gasteiger partial charge in [0.2, 0.25) is 0 Å². The van der Waals surface area contributed by atoms with Gasteiger partial charge < -0.3 is 9.47 Å². The Kier molecular flexibility index (Phi) is 9.60. The number of allylic oxidation sites excluding steroid dienone is 1. The molecular weight excluding hydrogens is 332 g/mol. The number of rotatable bonds is 6. The first kappa shape index (κ1) is 22.4. The van der Waals surface area contributed by atoms with Crippen LogP contribution in [0.5, 0.6) is 0 Å². The highest BCUT2D eigenvalue weighted by atomic mass is 16.5. The highest BCUT2D eigenvalue weighted by Crippen LogP contribution is 2.37. The number of Topliss-reactive ketones (excluding diaryl/α,β-unsaturated/α-hetero) is 1. The molecule has 2 aliphatic carbocycles. The Labute approximate surface area is 157 Å². The van der Waals surface area contributed by atoms with Gasteiger partial charge in [-0.05, 0) is 38.5 Å². The topological polar surface area (TPSA) is 69.7 Å². The average Bonchev–Trinajstić information content (AvgIpc) is 3.18. The number of hydrogen-bond acceptors (Lipinski definition) is 5. The summed E-state index contributed by atoms with van der Waals surface area (Å²) in [4.78, 5) is 34.0. The summed E-state index contributed by atoms with van der Waals surface area (Å²) >= 11 is 0. The van der Waals surface area contributed by atoms with Gasteiger partial charge in [0.05, 0.1) is 25.0 Å². The first-order valence-electron chi connectivity index (χ1n) is 9.89. The third kappa shape index (κ3) is 6.26. The van der Waals surface area contributed by atoms with Crippen molar-refractivity contribution in [2.24, 2.45) is 23.7 Å². The van der Waals surface area contributed by atoms with Crippen molar-refractivity contribution in [3.8, 4) is 0 Å². The van der Waals surface area contributed by atoms with Gasteiger partial charge in [0.25, 0.3) is 0 Å². The second kappa shape index (κ2) is 11.1. The van der Waals surface area contributed by atoms with Gasteiger partial charge >= 0.3 is 11.9 Å². The van der Waals surface area contributed by atoms with Crippen LogP contribution in [0, 0.1) is 23.7 Å². The molecule has 4 unspecified atom stereocenters. The summed E-state index contributed by atoms with van der Waals surface area (Å²) in [6.07, 6.45) is 4.70. The maximum absolute atomic E-state index is 11.5. The Morgan fingerprint density at radius 1 is 0.846 bits per heavy atom. The van der Waals surface area contributed by atoms with Gasteiger partial charge in [-0.2, -0.15) is 0 Å². The van der Waals surface area contributed by atoms with E-state index in [0.717, 1.165) is 25.7 Å². The van der Waals surface area contributed by atoms with Crippen LogP contribution >= 0.6 is 0 Å². The smallest absolute Gasteiger partial charge is 0.309 e. The number of carbonyl (C=O) groups excluding carboxylic acids is 3. The summed E-state index contributed by atoms with van der Waals surface area (Å²) in [6, 6.07) is 0. The molecular formula is C21H34O5. The van der Waals surface area contributed by atoms with Gasteiger partial charge in [-0.25, -0.2) is 0 Å². The molecule has 0 aromatic rings. The second-order valence-corrected chi connectivity index (χ2v) is 7.16. The van der Waals surface area contributed by atoms with Crippen molar-refractivity contribution in [2.45, 2.75) is 66.2 Å². The number of hydrogen-bond donors (Lipinski definition) is 0. The van der Waals surface area contributed by atoms with Gasteiger partial charge in [-0.3, -0.25) is 14.4 Å². The lowest BCUT2D eigenvalue weighted by Gasteiger charge is -2.15. The quantitative estimate of drug-likeness (QED) is 0.523. The summed E-state index contributed by atoms with van der Waals surface area (Å²) in [6.45, 7) is 12.6. The van der Waals surface area contributed by atoms with Crippen LogP contribution in [0.3, 0.4) is 0 Å². The lowest BCUT2D eigenvalue weighted by Crippen LogP contribution is -2.21. The molecule has 148 valence electrons. The zero-order valence-electron chi connectivity index (χ0n) is 16.7. The molecule has 0 aromatic carbocycles. The van der Waals surface area contributed by atoms with Crippen molar-refractivity contribution in [1.82, 2.24) is 0 Å². The molecule has 0 N–H and O–H groups in total. The van der Waals surface area contributed by atoms with E-state index in [4.69, 9.17) is 9.47 Å².